The number of nitrogens with zero attached hydrogens (tertiary/aromatic N) is 1. The molecule has 0 atom stereocenters. The highest BCUT2D eigenvalue weighted by Crippen LogP contribution is 2.18. The van der Waals surface area contributed by atoms with Gasteiger partial charge >= 0.3 is 0 Å². The van der Waals surface area contributed by atoms with E-state index < -0.39 is 0 Å². The molecular weight excluding hydrogens is 366 g/mol. The number of aromatic nitrogens is 1. The first kappa shape index (κ1) is 20.4. The molecule has 0 aliphatic heterocycles. The second kappa shape index (κ2) is 10.8. The fourth-order valence-electron chi connectivity index (χ4n) is 2.69. The molecule has 3 aromatic rings. The van der Waals surface area contributed by atoms with E-state index in [2.05, 4.69) is 15.6 Å². The molecule has 1 amide bonds. The van der Waals surface area contributed by atoms with Gasteiger partial charge in [0.15, 0.2) is 0 Å². The molecule has 0 saturated heterocycles. The maximum Gasteiger partial charge on any atom is 0.257 e. The first-order valence-electron chi connectivity index (χ1n) is 9.50. The Morgan fingerprint density at radius 1 is 1.00 bits per heavy atom. The minimum Gasteiger partial charge on any atom is -0.489 e. The second-order valence-corrected chi connectivity index (χ2v) is 6.49. The molecule has 29 heavy (non-hydrogen) atoms. The Bertz CT molecular complexity index is 899. The number of amides is 1. The highest BCUT2D eigenvalue weighted by atomic mass is 16.5. The Balaban J connectivity index is 1.52. The third-order valence-electron chi connectivity index (χ3n) is 4.22. The van der Waals surface area contributed by atoms with Crippen LogP contribution in [0.1, 0.15) is 22.3 Å². The molecule has 150 valence electrons. The molecule has 3 rings (SSSR count). The van der Waals surface area contributed by atoms with E-state index in [0.29, 0.717) is 24.5 Å². The monoisotopic (exact) mass is 391 g/mol. The molecule has 0 spiro atoms. The Morgan fingerprint density at radius 3 is 2.55 bits per heavy atom. The van der Waals surface area contributed by atoms with E-state index in [1.807, 2.05) is 54.6 Å². The molecular formula is C23H25N3O3. The fraction of sp³-hybridized carbons (Fsp3) is 0.217. The van der Waals surface area contributed by atoms with E-state index >= 15 is 0 Å². The lowest BCUT2D eigenvalue weighted by Gasteiger charge is -2.10. The van der Waals surface area contributed by atoms with Crippen molar-refractivity contribution in [2.75, 3.05) is 30.9 Å². The van der Waals surface area contributed by atoms with Crippen LogP contribution in [0.25, 0.3) is 0 Å². The molecule has 2 aromatic carbocycles. The van der Waals surface area contributed by atoms with E-state index in [-0.39, 0.29) is 5.91 Å². The summed E-state index contributed by atoms with van der Waals surface area (Å²) in [4.78, 5) is 16.6. The summed E-state index contributed by atoms with van der Waals surface area (Å²) in [5.41, 5.74) is 3.10. The molecule has 6 nitrogen and oxygen atoms in total. The summed E-state index contributed by atoms with van der Waals surface area (Å²) >= 11 is 0. The minimum atomic E-state index is -0.212. The van der Waals surface area contributed by atoms with Crippen LogP contribution in [-0.4, -0.2) is 31.2 Å². The Hall–Kier alpha value is -3.38. The largest absolute Gasteiger partial charge is 0.489 e. The van der Waals surface area contributed by atoms with Crippen LogP contribution in [0.15, 0.2) is 73.1 Å². The van der Waals surface area contributed by atoms with Crippen molar-refractivity contribution in [1.29, 1.82) is 0 Å². The van der Waals surface area contributed by atoms with Crippen LogP contribution in [-0.2, 0) is 11.3 Å². The lowest BCUT2D eigenvalue weighted by atomic mass is 10.2. The number of rotatable bonds is 10. The quantitative estimate of drug-likeness (QED) is 0.503. The molecule has 0 aliphatic rings. The van der Waals surface area contributed by atoms with Gasteiger partial charge in [-0.25, -0.2) is 0 Å². The van der Waals surface area contributed by atoms with Crippen molar-refractivity contribution in [3.05, 3.63) is 84.2 Å². The van der Waals surface area contributed by atoms with Crippen LogP contribution in [0.3, 0.4) is 0 Å². The number of carbonyl (C=O) groups excluding carboxylic acids is 1. The van der Waals surface area contributed by atoms with Crippen molar-refractivity contribution in [2.45, 2.75) is 13.0 Å². The number of methoxy groups -OCH3 is 1. The third-order valence-corrected chi connectivity index (χ3v) is 4.22. The van der Waals surface area contributed by atoms with E-state index in [1.165, 1.54) is 0 Å². The maximum atomic E-state index is 12.5. The molecule has 0 unspecified atom stereocenters. The average molecular weight is 391 g/mol. The Labute approximate surface area is 170 Å². The second-order valence-electron chi connectivity index (χ2n) is 6.49. The summed E-state index contributed by atoms with van der Waals surface area (Å²) in [6.45, 7) is 1.94. The molecule has 0 fully saturated rings. The lowest BCUT2D eigenvalue weighted by molar-refractivity contribution is 0.102. The Kier molecular flexibility index (Phi) is 7.60. The molecule has 1 heterocycles. The average Bonchev–Trinajstić information content (AvgIpc) is 2.77. The van der Waals surface area contributed by atoms with Crippen molar-refractivity contribution >= 4 is 17.3 Å². The van der Waals surface area contributed by atoms with Crippen molar-refractivity contribution in [3.8, 4) is 5.75 Å². The molecule has 0 aliphatic carbocycles. The van der Waals surface area contributed by atoms with Crippen molar-refractivity contribution < 1.29 is 14.3 Å². The lowest BCUT2D eigenvalue weighted by Crippen LogP contribution is -2.13. The van der Waals surface area contributed by atoms with Crippen LogP contribution < -0.4 is 15.4 Å². The summed E-state index contributed by atoms with van der Waals surface area (Å²) in [5.74, 6) is 0.534. The zero-order valence-corrected chi connectivity index (χ0v) is 16.4. The summed E-state index contributed by atoms with van der Waals surface area (Å²) in [6, 6.07) is 19.1. The van der Waals surface area contributed by atoms with Gasteiger partial charge in [0, 0.05) is 38.3 Å². The van der Waals surface area contributed by atoms with Gasteiger partial charge in [0.2, 0.25) is 0 Å². The summed E-state index contributed by atoms with van der Waals surface area (Å²) in [6.07, 6.45) is 4.13. The van der Waals surface area contributed by atoms with Gasteiger partial charge in [-0.3, -0.25) is 9.78 Å². The third kappa shape index (κ3) is 6.62. The first-order valence-corrected chi connectivity index (χ1v) is 9.50. The normalized spacial score (nSPS) is 10.4. The molecule has 0 bridgehead atoms. The SMILES string of the molecule is COCCCNc1cncc(C(=O)Nc2ccc(OCc3ccccc3)cc2)c1. The van der Waals surface area contributed by atoms with Crippen LogP contribution in [0.4, 0.5) is 11.4 Å². The maximum absolute atomic E-state index is 12.5. The van der Waals surface area contributed by atoms with Gasteiger partial charge in [-0.1, -0.05) is 30.3 Å². The van der Waals surface area contributed by atoms with Gasteiger partial charge in [-0.2, -0.15) is 0 Å². The van der Waals surface area contributed by atoms with Gasteiger partial charge in [0.05, 0.1) is 11.3 Å². The minimum absolute atomic E-state index is 0.212. The number of ether oxygens (including phenoxy) is 2. The van der Waals surface area contributed by atoms with Crippen LogP contribution in [0.2, 0.25) is 0 Å². The number of anilines is 2. The van der Waals surface area contributed by atoms with Gasteiger partial charge < -0.3 is 20.1 Å². The van der Waals surface area contributed by atoms with E-state index in [0.717, 1.165) is 30.0 Å². The number of pyridine rings is 1. The Morgan fingerprint density at radius 2 is 1.79 bits per heavy atom. The number of carbonyl (C=O) groups is 1. The topological polar surface area (TPSA) is 72.5 Å². The summed E-state index contributed by atoms with van der Waals surface area (Å²) < 4.78 is 10.8. The smallest absolute Gasteiger partial charge is 0.257 e. The highest BCUT2D eigenvalue weighted by molar-refractivity contribution is 6.04. The van der Waals surface area contributed by atoms with Crippen molar-refractivity contribution in [3.63, 3.8) is 0 Å². The van der Waals surface area contributed by atoms with Crippen LogP contribution in [0, 0.1) is 0 Å². The van der Waals surface area contributed by atoms with Crippen molar-refractivity contribution in [1.82, 2.24) is 4.98 Å². The van der Waals surface area contributed by atoms with Gasteiger partial charge in [0.25, 0.3) is 5.91 Å². The number of nitrogens with one attached hydrogen (secondary N) is 2. The van der Waals surface area contributed by atoms with Gasteiger partial charge in [-0.15, -0.1) is 0 Å². The molecule has 1 aromatic heterocycles. The standard InChI is InChI=1S/C23H25N3O3/c1-28-13-5-12-25-21-14-19(15-24-16-21)23(27)26-20-8-10-22(11-9-20)29-17-18-6-3-2-4-7-18/h2-4,6-11,14-16,25H,5,12-13,17H2,1H3,(H,26,27). The van der Waals surface area contributed by atoms with Crippen LogP contribution in [0.5, 0.6) is 5.75 Å². The number of hydrogen-bond acceptors (Lipinski definition) is 5. The molecule has 2 N–H and O–H groups in total. The van der Waals surface area contributed by atoms with Crippen molar-refractivity contribution in [2.24, 2.45) is 0 Å². The van der Waals surface area contributed by atoms with E-state index in [9.17, 15) is 4.79 Å². The highest BCUT2D eigenvalue weighted by Gasteiger charge is 2.08. The van der Waals surface area contributed by atoms with Gasteiger partial charge in [-0.05, 0) is 42.3 Å². The zero-order chi connectivity index (χ0) is 20.3. The van der Waals surface area contributed by atoms with Gasteiger partial charge in [0.1, 0.15) is 12.4 Å². The molecule has 0 saturated carbocycles. The molecule has 0 radical (unpaired) electrons. The molecule has 6 heteroatoms. The van der Waals surface area contributed by atoms with E-state index in [1.54, 1.807) is 25.6 Å². The zero-order valence-electron chi connectivity index (χ0n) is 16.4. The van der Waals surface area contributed by atoms with Crippen LogP contribution >= 0.6 is 0 Å². The predicted molar refractivity (Wildman–Crippen MR) is 114 cm³/mol. The first-order chi connectivity index (χ1) is 14.2. The number of hydrogen-bond donors (Lipinski definition) is 2. The summed E-state index contributed by atoms with van der Waals surface area (Å²) in [7, 11) is 1.68. The number of benzene rings is 2. The van der Waals surface area contributed by atoms with E-state index in [4.69, 9.17) is 9.47 Å². The summed E-state index contributed by atoms with van der Waals surface area (Å²) in [5, 5.41) is 6.12. The predicted octanol–water partition coefficient (Wildman–Crippen LogP) is 4.36. The fourth-order valence-corrected chi connectivity index (χ4v) is 2.69.